The molecule has 24 heavy (non-hydrogen) atoms. The summed E-state index contributed by atoms with van der Waals surface area (Å²) in [6.45, 7) is 4.54. The molecule has 0 bridgehead atoms. The van der Waals surface area contributed by atoms with Gasteiger partial charge in [-0.3, -0.25) is 6.08 Å². The van der Waals surface area contributed by atoms with Gasteiger partial charge in [-0.25, -0.2) is 12.2 Å². The van der Waals surface area contributed by atoms with Gasteiger partial charge in [-0.1, -0.05) is 30.3 Å². The topological polar surface area (TPSA) is 66.3 Å². The van der Waals surface area contributed by atoms with Crippen LogP contribution in [0.1, 0.15) is 6.42 Å². The molecule has 128 valence electrons. The molecule has 1 aliphatic carbocycles. The Morgan fingerprint density at radius 1 is 1.00 bits per heavy atom. The number of hydrogen-bond donors (Lipinski definition) is 1. The Morgan fingerprint density at radius 2 is 1.54 bits per heavy atom. The molecule has 3 nitrogen and oxygen atoms in total. The van der Waals surface area contributed by atoms with Crippen molar-refractivity contribution in [1.82, 2.24) is 0 Å². The van der Waals surface area contributed by atoms with E-state index < -0.39 is 0 Å². The minimum absolute atomic E-state index is 0.120. The van der Waals surface area contributed by atoms with E-state index in [4.69, 9.17) is 15.3 Å². The van der Waals surface area contributed by atoms with Crippen LogP contribution < -0.4 is 10.2 Å². The quantitative estimate of drug-likeness (QED) is 0.567. The van der Waals surface area contributed by atoms with Gasteiger partial charge in [-0.2, -0.15) is 20.3 Å². The van der Waals surface area contributed by atoms with Crippen molar-refractivity contribution >= 4 is 17.0 Å². The van der Waals surface area contributed by atoms with Crippen LogP contribution in [0.15, 0.2) is 60.7 Å². The third kappa shape index (κ3) is 14.4. The van der Waals surface area contributed by atoms with Crippen molar-refractivity contribution in [1.29, 1.82) is 0 Å². The Morgan fingerprint density at radius 3 is 1.96 bits per heavy atom. The summed E-state index contributed by atoms with van der Waals surface area (Å²) in [6.07, 6.45) is 10.1. The predicted octanol–water partition coefficient (Wildman–Crippen LogP) is 2.59. The molecule has 0 aromatic heterocycles. The van der Waals surface area contributed by atoms with Crippen LogP contribution in [0.4, 0.5) is 0 Å². The fourth-order valence-electron chi connectivity index (χ4n) is 1.52. The summed E-state index contributed by atoms with van der Waals surface area (Å²) < 4.78 is 0. The van der Waals surface area contributed by atoms with E-state index in [0.29, 0.717) is 5.75 Å². The first-order valence-electron chi connectivity index (χ1n) is 7.32. The van der Waals surface area contributed by atoms with Crippen molar-refractivity contribution in [3.8, 4) is 5.75 Å². The summed E-state index contributed by atoms with van der Waals surface area (Å²) in [5.74, 6) is 0.323. The molecule has 1 N–H and O–H groups in total. The molecular weight excluding hydrogens is 352 g/mol. The maximum atomic E-state index is 9.13. The van der Waals surface area contributed by atoms with Crippen molar-refractivity contribution < 1.29 is 34.5 Å². The SMILES string of the molecule is C[O-].C[O-].C[Si](C)=[Ti+2].Oc1ccc2ccccc2c1.[C-]1=CC=CC1. The Hall–Kier alpha value is -1.17. The van der Waals surface area contributed by atoms with Crippen molar-refractivity contribution in [2.24, 2.45) is 0 Å². The fourth-order valence-corrected chi connectivity index (χ4v) is 1.52. The molecule has 2 aromatic carbocycles. The number of aromatic hydroxyl groups is 1. The smallest absolute Gasteiger partial charge is 0.116 e. The maximum Gasteiger partial charge on any atom is 0.116 e. The number of fused-ring (bicyclic) bond motifs is 1. The minimum atomic E-state index is 0.120. The minimum Gasteiger partial charge on any atom is -0.508 e. The van der Waals surface area contributed by atoms with Gasteiger partial charge in [-0.15, -0.1) is 6.42 Å². The Labute approximate surface area is 157 Å². The van der Waals surface area contributed by atoms with Gasteiger partial charge in [0.2, 0.25) is 0 Å². The van der Waals surface area contributed by atoms with E-state index in [2.05, 4.69) is 44.4 Å². The summed E-state index contributed by atoms with van der Waals surface area (Å²) in [6, 6.07) is 13.3. The zero-order chi connectivity index (χ0) is 18.8. The normalized spacial score (nSPS) is 10.0. The summed E-state index contributed by atoms with van der Waals surface area (Å²) in [4.78, 5) is 0. The summed E-state index contributed by atoms with van der Waals surface area (Å²) in [5, 5.41) is 27.9. The van der Waals surface area contributed by atoms with Crippen LogP contribution in [-0.2, 0) is 19.2 Å². The van der Waals surface area contributed by atoms with Crippen LogP contribution in [0, 0.1) is 6.08 Å². The van der Waals surface area contributed by atoms with Gasteiger partial charge in [0, 0.05) is 0 Å². The van der Waals surface area contributed by atoms with E-state index >= 15 is 0 Å². The van der Waals surface area contributed by atoms with E-state index in [-0.39, 0.29) is 6.19 Å². The zero-order valence-corrected chi connectivity index (χ0v) is 17.3. The van der Waals surface area contributed by atoms with Crippen molar-refractivity contribution in [2.75, 3.05) is 14.2 Å². The van der Waals surface area contributed by atoms with Crippen LogP contribution in [-0.4, -0.2) is 25.5 Å². The number of allylic oxidation sites excluding steroid dienone is 4. The standard InChI is InChI=1S/C10H8O.C5H5.C2H6Si.2CH3O.Ti/c11-10-6-5-8-3-1-2-4-9(8)7-10;1-2-4-5-3-1;1-3-2;2*1-2;/h1-7,11H;1-3H,4H2;1-2H3;2*1H3;/q;-1;;2*-1;+2. The van der Waals surface area contributed by atoms with Gasteiger partial charge >= 0.3 is 38.5 Å². The van der Waals surface area contributed by atoms with Crippen LogP contribution >= 0.6 is 0 Å². The second-order valence-corrected chi connectivity index (χ2v) is 11.2. The van der Waals surface area contributed by atoms with Gasteiger partial charge in [0.25, 0.3) is 0 Å². The molecule has 2 aromatic rings. The fraction of sp³-hybridized carbons (Fsp3) is 0.263. The number of phenols is 1. The molecule has 0 radical (unpaired) electrons. The molecule has 0 aliphatic heterocycles. The molecular formula is C19H25O3SiTi-. The number of phenolic OH excluding ortho intramolecular Hbond substituents is 1. The molecule has 0 amide bonds. The first-order valence-corrected chi connectivity index (χ1v) is 12.2. The zero-order valence-electron chi connectivity index (χ0n) is 14.7. The predicted molar refractivity (Wildman–Crippen MR) is 96.5 cm³/mol. The van der Waals surface area contributed by atoms with E-state index in [0.717, 1.165) is 31.4 Å². The monoisotopic (exact) mass is 377 g/mol. The average molecular weight is 377 g/mol. The molecule has 0 saturated carbocycles. The Balaban J connectivity index is 0. The van der Waals surface area contributed by atoms with Crippen LogP contribution in [0.25, 0.3) is 10.8 Å². The molecule has 5 heteroatoms. The molecule has 0 unspecified atom stereocenters. The van der Waals surface area contributed by atoms with E-state index in [1.165, 1.54) is 0 Å². The third-order valence-electron chi connectivity index (χ3n) is 2.32. The molecule has 0 saturated heterocycles. The number of rotatable bonds is 0. The molecule has 0 atom stereocenters. The largest absolute Gasteiger partial charge is 0.508 e. The van der Waals surface area contributed by atoms with Crippen LogP contribution in [0.2, 0.25) is 13.1 Å². The molecule has 0 heterocycles. The average Bonchev–Trinajstić information content (AvgIpc) is 3.18. The molecule has 0 spiro atoms. The number of benzene rings is 2. The van der Waals surface area contributed by atoms with Gasteiger partial charge in [0.05, 0.1) is 0 Å². The van der Waals surface area contributed by atoms with Crippen molar-refractivity contribution in [3.63, 3.8) is 0 Å². The van der Waals surface area contributed by atoms with Gasteiger partial charge in [0.15, 0.2) is 0 Å². The second kappa shape index (κ2) is 18.2. The Kier molecular flexibility index (Phi) is 19.0. The van der Waals surface area contributed by atoms with Gasteiger partial charge < -0.3 is 15.3 Å². The first kappa shape index (κ1) is 25.1. The Bertz CT molecular complexity index is 611. The molecule has 3 rings (SSSR count). The maximum absolute atomic E-state index is 9.13. The summed E-state index contributed by atoms with van der Waals surface area (Å²) in [5.41, 5.74) is 0. The molecule has 1 aliphatic rings. The summed E-state index contributed by atoms with van der Waals surface area (Å²) >= 11 is 2.27. The van der Waals surface area contributed by atoms with Gasteiger partial charge in [-0.05, 0) is 22.9 Å². The second-order valence-electron chi connectivity index (χ2n) is 4.53. The number of hydrogen-bond acceptors (Lipinski definition) is 3. The van der Waals surface area contributed by atoms with E-state index in [9.17, 15) is 0 Å². The first-order chi connectivity index (χ1) is 11.6. The van der Waals surface area contributed by atoms with Crippen molar-refractivity contribution in [2.45, 2.75) is 19.5 Å². The van der Waals surface area contributed by atoms with E-state index in [1.807, 2.05) is 42.5 Å². The van der Waals surface area contributed by atoms with E-state index in [1.54, 1.807) is 12.1 Å². The van der Waals surface area contributed by atoms with Crippen LogP contribution in [0.5, 0.6) is 5.75 Å². The third-order valence-corrected chi connectivity index (χ3v) is 2.32. The van der Waals surface area contributed by atoms with Gasteiger partial charge in [0.1, 0.15) is 5.75 Å². The molecule has 0 fully saturated rings. The van der Waals surface area contributed by atoms with Crippen molar-refractivity contribution in [3.05, 3.63) is 66.8 Å². The van der Waals surface area contributed by atoms with Crippen LogP contribution in [0.3, 0.4) is 0 Å². The summed E-state index contributed by atoms with van der Waals surface area (Å²) in [7, 11) is 1.50.